The molecule has 4 aromatic rings. The van der Waals surface area contributed by atoms with Gasteiger partial charge in [0.15, 0.2) is 0 Å². The molecule has 0 fully saturated rings. The van der Waals surface area contributed by atoms with Gasteiger partial charge in [-0.2, -0.15) is 0 Å². The van der Waals surface area contributed by atoms with Crippen molar-refractivity contribution in [2.75, 3.05) is 6.61 Å². The van der Waals surface area contributed by atoms with Gasteiger partial charge < -0.3 is 15.2 Å². The third-order valence-corrected chi connectivity index (χ3v) is 6.43. The van der Waals surface area contributed by atoms with Gasteiger partial charge in [-0.15, -0.1) is 0 Å². The minimum Gasteiger partial charge on any atom is -0.481 e. The Hall–Kier alpha value is -4.38. The van der Waals surface area contributed by atoms with E-state index < -0.39 is 18.1 Å². The first-order chi connectivity index (χ1) is 17.1. The van der Waals surface area contributed by atoms with Gasteiger partial charge in [-0.1, -0.05) is 103 Å². The number of nitrogens with one attached hydrogen (secondary N) is 1. The highest BCUT2D eigenvalue weighted by atomic mass is 16.5. The lowest BCUT2D eigenvalue weighted by atomic mass is 9.98. The number of carboxylic acids is 1. The summed E-state index contributed by atoms with van der Waals surface area (Å²) in [5.41, 5.74) is 7.35. The third kappa shape index (κ3) is 4.80. The summed E-state index contributed by atoms with van der Waals surface area (Å²) in [6.07, 6.45) is -0.875. The van der Waals surface area contributed by atoms with Gasteiger partial charge in [0.05, 0.1) is 12.5 Å². The van der Waals surface area contributed by atoms with Gasteiger partial charge in [0, 0.05) is 5.92 Å². The third-order valence-electron chi connectivity index (χ3n) is 6.43. The largest absolute Gasteiger partial charge is 0.481 e. The van der Waals surface area contributed by atoms with Crippen LogP contribution in [0.25, 0.3) is 22.3 Å². The van der Waals surface area contributed by atoms with Gasteiger partial charge in [-0.05, 0) is 38.9 Å². The Morgan fingerprint density at radius 3 is 1.89 bits per heavy atom. The molecule has 1 atom stereocenters. The fraction of sp³-hybridized carbons (Fsp3) is 0.133. The van der Waals surface area contributed by atoms with Gasteiger partial charge in [0.25, 0.3) is 0 Å². The number of carboxylic acid groups (broad SMARTS) is 1. The Balaban J connectivity index is 1.29. The van der Waals surface area contributed by atoms with Crippen molar-refractivity contribution in [1.29, 1.82) is 0 Å². The second-order valence-electron chi connectivity index (χ2n) is 8.61. The Labute approximate surface area is 204 Å². The number of amides is 1. The van der Waals surface area contributed by atoms with Crippen LogP contribution < -0.4 is 5.32 Å². The van der Waals surface area contributed by atoms with E-state index in [0.29, 0.717) is 5.56 Å². The molecule has 0 saturated heterocycles. The molecule has 4 aromatic carbocycles. The molecule has 1 unspecified atom stereocenters. The first-order valence-corrected chi connectivity index (χ1v) is 11.6. The fourth-order valence-corrected chi connectivity index (χ4v) is 4.75. The molecule has 5 nitrogen and oxygen atoms in total. The molecular weight excluding hydrogens is 438 g/mol. The van der Waals surface area contributed by atoms with Crippen molar-refractivity contribution in [3.05, 3.63) is 120 Å². The first kappa shape index (κ1) is 22.4. The van der Waals surface area contributed by atoms with Crippen molar-refractivity contribution in [3.63, 3.8) is 0 Å². The quantitative estimate of drug-likeness (QED) is 0.332. The molecule has 174 valence electrons. The summed E-state index contributed by atoms with van der Waals surface area (Å²) in [4.78, 5) is 24.3. The normalized spacial score (nSPS) is 12.9. The minimum atomic E-state index is -0.999. The second kappa shape index (κ2) is 9.85. The second-order valence-corrected chi connectivity index (χ2v) is 8.61. The van der Waals surface area contributed by atoms with E-state index in [1.807, 2.05) is 78.9 Å². The zero-order chi connectivity index (χ0) is 24.2. The minimum absolute atomic E-state index is 0.0590. The van der Waals surface area contributed by atoms with Crippen molar-refractivity contribution in [3.8, 4) is 22.3 Å². The summed E-state index contributed by atoms with van der Waals surface area (Å²) in [7, 11) is 0. The van der Waals surface area contributed by atoms with Crippen molar-refractivity contribution in [2.45, 2.75) is 18.4 Å². The molecule has 0 spiro atoms. The Kier molecular flexibility index (Phi) is 6.31. The molecule has 1 amide bonds. The molecule has 0 radical (unpaired) electrons. The van der Waals surface area contributed by atoms with Gasteiger partial charge in [0.2, 0.25) is 0 Å². The SMILES string of the molecule is O=C(O)CC(NC(=O)OCC1c2ccccc2-c2ccccc21)c1ccc(-c2ccccc2)cc1. The first-order valence-electron chi connectivity index (χ1n) is 11.6. The van der Waals surface area contributed by atoms with Crippen LogP contribution in [0.2, 0.25) is 0 Å². The van der Waals surface area contributed by atoms with E-state index in [1.165, 1.54) is 0 Å². The Bertz CT molecular complexity index is 1300. The number of alkyl carbamates (subject to hydrolysis) is 1. The Morgan fingerprint density at radius 1 is 0.743 bits per heavy atom. The summed E-state index contributed by atoms with van der Waals surface area (Å²) in [5.74, 6) is -1.06. The van der Waals surface area contributed by atoms with Crippen molar-refractivity contribution in [1.82, 2.24) is 5.32 Å². The van der Waals surface area contributed by atoms with Crippen LogP contribution in [-0.4, -0.2) is 23.8 Å². The van der Waals surface area contributed by atoms with Crippen molar-refractivity contribution >= 4 is 12.1 Å². The molecule has 0 saturated carbocycles. The summed E-state index contributed by atoms with van der Waals surface area (Å²) >= 11 is 0. The number of carbonyl (C=O) groups is 2. The lowest BCUT2D eigenvalue weighted by Gasteiger charge is -2.19. The summed E-state index contributed by atoms with van der Waals surface area (Å²) < 4.78 is 5.62. The van der Waals surface area contributed by atoms with E-state index in [1.54, 1.807) is 0 Å². The highest BCUT2D eigenvalue weighted by Crippen LogP contribution is 2.44. The summed E-state index contributed by atoms with van der Waals surface area (Å²) in [5, 5.41) is 12.2. The van der Waals surface area contributed by atoms with Crippen LogP contribution in [0, 0.1) is 0 Å². The van der Waals surface area contributed by atoms with E-state index >= 15 is 0 Å². The van der Waals surface area contributed by atoms with Gasteiger partial charge >= 0.3 is 12.1 Å². The predicted octanol–water partition coefficient (Wildman–Crippen LogP) is 6.41. The standard InChI is InChI=1S/C30H25NO4/c32-29(33)18-28(22-16-14-21(15-17-22)20-8-2-1-3-9-20)31-30(34)35-19-27-25-12-6-4-10-23(25)24-11-5-7-13-26(24)27/h1-17,27-28H,18-19H2,(H,31,34)(H,32,33). The number of benzene rings is 4. The van der Waals surface area contributed by atoms with Crippen LogP contribution in [0.15, 0.2) is 103 Å². The molecule has 0 aliphatic heterocycles. The maximum atomic E-state index is 12.8. The highest BCUT2D eigenvalue weighted by molar-refractivity contribution is 5.79. The number of hydrogen-bond donors (Lipinski definition) is 2. The zero-order valence-corrected chi connectivity index (χ0v) is 19.1. The predicted molar refractivity (Wildman–Crippen MR) is 135 cm³/mol. The van der Waals surface area contributed by atoms with Crippen LogP contribution in [0.1, 0.15) is 35.1 Å². The maximum absolute atomic E-state index is 12.8. The molecule has 0 aromatic heterocycles. The molecule has 5 heteroatoms. The smallest absolute Gasteiger partial charge is 0.407 e. The van der Waals surface area contributed by atoms with Crippen LogP contribution in [0.4, 0.5) is 4.79 Å². The molecule has 0 bridgehead atoms. The van der Waals surface area contributed by atoms with E-state index in [9.17, 15) is 14.7 Å². The van der Waals surface area contributed by atoms with E-state index in [4.69, 9.17) is 4.74 Å². The zero-order valence-electron chi connectivity index (χ0n) is 19.1. The fourth-order valence-electron chi connectivity index (χ4n) is 4.75. The number of aliphatic carboxylic acids is 1. The van der Waals surface area contributed by atoms with Crippen molar-refractivity contribution < 1.29 is 19.4 Å². The molecule has 1 aliphatic carbocycles. The number of carbonyl (C=O) groups excluding carboxylic acids is 1. The van der Waals surface area contributed by atoms with Crippen LogP contribution in [-0.2, 0) is 9.53 Å². The van der Waals surface area contributed by atoms with E-state index in [-0.39, 0.29) is 18.9 Å². The number of ether oxygens (including phenoxy) is 1. The Morgan fingerprint density at radius 2 is 1.29 bits per heavy atom. The number of fused-ring (bicyclic) bond motifs is 3. The average Bonchev–Trinajstić information content (AvgIpc) is 3.21. The topological polar surface area (TPSA) is 75.6 Å². The average molecular weight is 464 g/mol. The van der Waals surface area contributed by atoms with E-state index in [2.05, 4.69) is 29.6 Å². The highest BCUT2D eigenvalue weighted by Gasteiger charge is 2.29. The number of rotatable bonds is 7. The molecule has 35 heavy (non-hydrogen) atoms. The van der Waals surface area contributed by atoms with Gasteiger partial charge in [-0.3, -0.25) is 4.79 Å². The van der Waals surface area contributed by atoms with Crippen LogP contribution in [0.5, 0.6) is 0 Å². The molecule has 5 rings (SSSR count). The van der Waals surface area contributed by atoms with Crippen molar-refractivity contribution in [2.24, 2.45) is 0 Å². The molecule has 2 N–H and O–H groups in total. The molecular formula is C30H25NO4. The lowest BCUT2D eigenvalue weighted by molar-refractivity contribution is -0.137. The maximum Gasteiger partial charge on any atom is 0.407 e. The summed E-state index contributed by atoms with van der Waals surface area (Å²) in [6.45, 7) is 0.173. The van der Waals surface area contributed by atoms with Gasteiger partial charge in [-0.25, -0.2) is 4.79 Å². The molecule has 0 heterocycles. The lowest BCUT2D eigenvalue weighted by Crippen LogP contribution is -2.31. The monoisotopic (exact) mass is 463 g/mol. The summed E-state index contributed by atoms with van der Waals surface area (Å²) in [6, 6.07) is 33.0. The van der Waals surface area contributed by atoms with Crippen LogP contribution in [0.3, 0.4) is 0 Å². The van der Waals surface area contributed by atoms with E-state index in [0.717, 1.165) is 33.4 Å². The number of hydrogen-bond acceptors (Lipinski definition) is 3. The van der Waals surface area contributed by atoms with Gasteiger partial charge in [0.1, 0.15) is 6.61 Å². The molecule has 1 aliphatic rings. The van der Waals surface area contributed by atoms with Crippen LogP contribution >= 0.6 is 0 Å².